The predicted octanol–water partition coefficient (Wildman–Crippen LogP) is 3.05. The first kappa shape index (κ1) is 15.8. The molecule has 8 heteroatoms. The number of anilines is 2. The standard InChI is InChI=1S/C17H17N5O2S/c23-16(21-17-20-13(11-25-17)14-4-2-8-24-14)12-3-1-7-22(10-12)15-9-18-5-6-19-15/h2,4-6,8-9,11-12H,1,3,7,10H2,(H,20,21,23)/t12-/m0/s1. The summed E-state index contributed by atoms with van der Waals surface area (Å²) in [6.45, 7) is 1.53. The minimum absolute atomic E-state index is 0.00562. The third-order valence-corrected chi connectivity index (χ3v) is 4.93. The number of rotatable bonds is 4. The molecule has 1 atom stereocenters. The van der Waals surface area contributed by atoms with Crippen molar-refractivity contribution in [2.75, 3.05) is 23.3 Å². The molecule has 1 amide bonds. The van der Waals surface area contributed by atoms with Gasteiger partial charge in [-0.15, -0.1) is 11.3 Å². The SMILES string of the molecule is O=C(Nc1nc(-c2ccco2)cs1)[C@H]1CCCN(c2cnccn2)C1. The molecule has 1 aliphatic rings. The summed E-state index contributed by atoms with van der Waals surface area (Å²) in [5.41, 5.74) is 0.732. The lowest BCUT2D eigenvalue weighted by Gasteiger charge is -2.32. The van der Waals surface area contributed by atoms with E-state index in [4.69, 9.17) is 4.42 Å². The molecule has 0 bridgehead atoms. The van der Waals surface area contributed by atoms with E-state index in [1.54, 1.807) is 24.9 Å². The van der Waals surface area contributed by atoms with Crippen LogP contribution < -0.4 is 10.2 Å². The fourth-order valence-corrected chi connectivity index (χ4v) is 3.63. The molecule has 0 saturated carbocycles. The Balaban J connectivity index is 1.41. The molecule has 0 radical (unpaired) electrons. The minimum Gasteiger partial charge on any atom is -0.463 e. The molecule has 4 rings (SSSR count). The third kappa shape index (κ3) is 3.53. The van der Waals surface area contributed by atoms with Crippen LogP contribution in [0.2, 0.25) is 0 Å². The maximum atomic E-state index is 12.6. The van der Waals surface area contributed by atoms with Crippen molar-refractivity contribution in [1.82, 2.24) is 15.0 Å². The first-order valence-corrected chi connectivity index (χ1v) is 8.99. The first-order valence-electron chi connectivity index (χ1n) is 8.11. The van der Waals surface area contributed by atoms with E-state index in [1.165, 1.54) is 11.3 Å². The second-order valence-corrected chi connectivity index (χ2v) is 6.71. The highest BCUT2D eigenvalue weighted by molar-refractivity contribution is 7.14. The summed E-state index contributed by atoms with van der Waals surface area (Å²) < 4.78 is 5.33. The molecule has 1 N–H and O–H groups in total. The van der Waals surface area contributed by atoms with Crippen LogP contribution in [0.4, 0.5) is 10.9 Å². The molecule has 0 unspecified atom stereocenters. The van der Waals surface area contributed by atoms with E-state index >= 15 is 0 Å². The van der Waals surface area contributed by atoms with Crippen LogP contribution in [0.15, 0.2) is 46.8 Å². The smallest absolute Gasteiger partial charge is 0.231 e. The molecular formula is C17H17N5O2S. The average molecular weight is 355 g/mol. The quantitative estimate of drug-likeness (QED) is 0.774. The Morgan fingerprint density at radius 3 is 3.16 bits per heavy atom. The van der Waals surface area contributed by atoms with E-state index in [-0.39, 0.29) is 11.8 Å². The lowest BCUT2D eigenvalue weighted by Crippen LogP contribution is -2.41. The minimum atomic E-state index is -0.0910. The Hall–Kier alpha value is -2.74. The molecule has 1 saturated heterocycles. The van der Waals surface area contributed by atoms with E-state index in [1.807, 2.05) is 17.5 Å². The van der Waals surface area contributed by atoms with Gasteiger partial charge in [-0.3, -0.25) is 9.78 Å². The molecule has 25 heavy (non-hydrogen) atoms. The Kier molecular flexibility index (Phi) is 4.43. The zero-order valence-corrected chi connectivity index (χ0v) is 14.3. The number of hydrogen-bond donors (Lipinski definition) is 1. The van der Waals surface area contributed by atoms with Crippen LogP contribution in [0, 0.1) is 5.92 Å². The van der Waals surface area contributed by atoms with Crippen molar-refractivity contribution in [3.05, 3.63) is 42.4 Å². The van der Waals surface area contributed by atoms with Crippen molar-refractivity contribution in [1.29, 1.82) is 0 Å². The maximum Gasteiger partial charge on any atom is 0.231 e. The van der Waals surface area contributed by atoms with Crippen LogP contribution in [0.1, 0.15) is 12.8 Å². The molecule has 128 valence electrons. The van der Waals surface area contributed by atoms with Gasteiger partial charge in [0.25, 0.3) is 0 Å². The summed E-state index contributed by atoms with van der Waals surface area (Å²) in [4.78, 5) is 27.6. The van der Waals surface area contributed by atoms with Gasteiger partial charge in [0.1, 0.15) is 11.5 Å². The summed E-state index contributed by atoms with van der Waals surface area (Å²) in [5.74, 6) is 1.42. The van der Waals surface area contributed by atoms with E-state index in [0.29, 0.717) is 17.4 Å². The van der Waals surface area contributed by atoms with Gasteiger partial charge in [-0.05, 0) is 25.0 Å². The predicted molar refractivity (Wildman–Crippen MR) is 95.4 cm³/mol. The number of carbonyl (C=O) groups is 1. The Morgan fingerprint density at radius 1 is 1.40 bits per heavy atom. The van der Waals surface area contributed by atoms with Crippen molar-refractivity contribution in [2.24, 2.45) is 5.92 Å². The van der Waals surface area contributed by atoms with Crippen molar-refractivity contribution >= 4 is 28.2 Å². The summed E-state index contributed by atoms with van der Waals surface area (Å²) in [6.07, 6.45) is 8.47. The molecule has 3 aromatic rings. The van der Waals surface area contributed by atoms with E-state index < -0.39 is 0 Å². The van der Waals surface area contributed by atoms with Gasteiger partial charge in [-0.25, -0.2) is 9.97 Å². The number of nitrogens with zero attached hydrogens (tertiary/aromatic N) is 4. The average Bonchev–Trinajstić information content (AvgIpc) is 3.34. The van der Waals surface area contributed by atoms with Crippen molar-refractivity contribution in [3.63, 3.8) is 0 Å². The topological polar surface area (TPSA) is 84.2 Å². The summed E-state index contributed by atoms with van der Waals surface area (Å²) in [5, 5.41) is 5.40. The van der Waals surface area contributed by atoms with Crippen LogP contribution >= 0.6 is 11.3 Å². The second-order valence-electron chi connectivity index (χ2n) is 5.85. The van der Waals surface area contributed by atoms with Crippen molar-refractivity contribution in [2.45, 2.75) is 12.8 Å². The monoisotopic (exact) mass is 355 g/mol. The van der Waals surface area contributed by atoms with Gasteiger partial charge in [-0.1, -0.05) is 0 Å². The van der Waals surface area contributed by atoms with Gasteiger partial charge in [-0.2, -0.15) is 0 Å². The summed E-state index contributed by atoms with van der Waals surface area (Å²) in [7, 11) is 0. The van der Waals surface area contributed by atoms with Crippen molar-refractivity contribution in [3.8, 4) is 11.5 Å². The van der Waals surface area contributed by atoms with Gasteiger partial charge in [0, 0.05) is 30.9 Å². The number of piperidine rings is 1. The van der Waals surface area contributed by atoms with Gasteiger partial charge in [0.2, 0.25) is 5.91 Å². The molecular weight excluding hydrogens is 338 g/mol. The molecule has 4 heterocycles. The number of hydrogen-bond acceptors (Lipinski definition) is 7. The highest BCUT2D eigenvalue weighted by Gasteiger charge is 2.27. The molecule has 0 aromatic carbocycles. The largest absolute Gasteiger partial charge is 0.463 e. The molecule has 7 nitrogen and oxygen atoms in total. The maximum absolute atomic E-state index is 12.6. The summed E-state index contributed by atoms with van der Waals surface area (Å²) >= 11 is 1.40. The normalized spacial score (nSPS) is 17.4. The van der Waals surface area contributed by atoms with Gasteiger partial charge in [0.05, 0.1) is 18.4 Å². The number of furan rings is 1. The Bertz CT molecular complexity index is 834. The van der Waals surface area contributed by atoms with E-state index in [0.717, 1.165) is 30.9 Å². The van der Waals surface area contributed by atoms with Crippen LogP contribution in [-0.2, 0) is 4.79 Å². The Labute approximate surface area is 148 Å². The number of amides is 1. The van der Waals surface area contributed by atoms with Gasteiger partial charge >= 0.3 is 0 Å². The molecule has 0 spiro atoms. The van der Waals surface area contributed by atoms with E-state index in [9.17, 15) is 4.79 Å². The van der Waals surface area contributed by atoms with Crippen LogP contribution in [0.5, 0.6) is 0 Å². The number of nitrogens with one attached hydrogen (secondary N) is 1. The third-order valence-electron chi connectivity index (χ3n) is 4.17. The number of carbonyl (C=O) groups excluding carboxylic acids is 1. The molecule has 0 aliphatic carbocycles. The number of thiazole rings is 1. The second kappa shape index (κ2) is 7.02. The fraction of sp³-hybridized carbons (Fsp3) is 0.294. The molecule has 3 aromatic heterocycles. The lowest BCUT2D eigenvalue weighted by atomic mass is 9.97. The zero-order valence-electron chi connectivity index (χ0n) is 13.5. The van der Waals surface area contributed by atoms with Gasteiger partial charge in [0.15, 0.2) is 10.9 Å². The van der Waals surface area contributed by atoms with Gasteiger partial charge < -0.3 is 14.6 Å². The fourth-order valence-electron chi connectivity index (χ4n) is 2.93. The highest BCUT2D eigenvalue weighted by Crippen LogP contribution is 2.27. The van der Waals surface area contributed by atoms with Crippen LogP contribution in [-0.4, -0.2) is 33.9 Å². The van der Waals surface area contributed by atoms with Crippen LogP contribution in [0.3, 0.4) is 0 Å². The van der Waals surface area contributed by atoms with Crippen LogP contribution in [0.25, 0.3) is 11.5 Å². The highest BCUT2D eigenvalue weighted by atomic mass is 32.1. The van der Waals surface area contributed by atoms with Crippen molar-refractivity contribution < 1.29 is 9.21 Å². The number of aromatic nitrogens is 3. The molecule has 1 aliphatic heterocycles. The summed E-state index contributed by atoms with van der Waals surface area (Å²) in [6, 6.07) is 3.66. The lowest BCUT2D eigenvalue weighted by molar-refractivity contribution is -0.120. The Morgan fingerprint density at radius 2 is 2.36 bits per heavy atom. The first-order chi connectivity index (χ1) is 12.3. The molecule has 1 fully saturated rings. The van der Waals surface area contributed by atoms with E-state index in [2.05, 4.69) is 25.2 Å². The zero-order chi connectivity index (χ0) is 17.1.